The molecular formula is C16H18BrNO2. The molecule has 0 aliphatic rings. The van der Waals surface area contributed by atoms with Crippen molar-refractivity contribution in [3.8, 4) is 5.75 Å². The summed E-state index contributed by atoms with van der Waals surface area (Å²) in [6.45, 7) is 0.909. The van der Waals surface area contributed by atoms with Crippen molar-refractivity contribution in [1.29, 1.82) is 0 Å². The first-order valence-electron chi connectivity index (χ1n) is 6.44. The summed E-state index contributed by atoms with van der Waals surface area (Å²) in [7, 11) is 1.65. The highest BCUT2D eigenvalue weighted by Gasteiger charge is 2.15. The Morgan fingerprint density at radius 2 is 1.80 bits per heavy atom. The van der Waals surface area contributed by atoms with Gasteiger partial charge in [-0.05, 0) is 17.7 Å². The maximum atomic E-state index is 5.95. The van der Waals surface area contributed by atoms with Crippen LogP contribution in [0, 0.1) is 0 Å². The zero-order valence-electron chi connectivity index (χ0n) is 11.4. The molecule has 4 heteroatoms. The van der Waals surface area contributed by atoms with Crippen molar-refractivity contribution in [3.05, 3.63) is 64.1 Å². The predicted octanol–water partition coefficient (Wildman–Crippen LogP) is 3.67. The van der Waals surface area contributed by atoms with Gasteiger partial charge in [0.1, 0.15) is 5.75 Å². The van der Waals surface area contributed by atoms with Crippen LogP contribution in [0.4, 0.5) is 0 Å². The Labute approximate surface area is 127 Å². The fraction of sp³-hybridized carbons (Fsp3) is 0.250. The zero-order chi connectivity index (χ0) is 14.4. The SMILES string of the molecule is COc1ccccc1C(CN)OCc1ccccc1Br. The minimum absolute atomic E-state index is 0.182. The minimum atomic E-state index is -0.182. The number of nitrogens with two attached hydrogens (primary N) is 1. The molecule has 0 saturated carbocycles. The molecule has 3 nitrogen and oxygen atoms in total. The van der Waals surface area contributed by atoms with Crippen LogP contribution in [0.1, 0.15) is 17.2 Å². The minimum Gasteiger partial charge on any atom is -0.496 e. The molecule has 2 aromatic rings. The lowest BCUT2D eigenvalue weighted by molar-refractivity contribution is 0.0437. The standard InChI is InChI=1S/C16H18BrNO2/c1-19-15-9-5-3-7-13(15)16(10-18)20-11-12-6-2-4-8-14(12)17/h2-9,16H,10-11,18H2,1H3. The molecule has 2 N–H and O–H groups in total. The van der Waals surface area contributed by atoms with Gasteiger partial charge in [-0.15, -0.1) is 0 Å². The molecule has 1 atom stereocenters. The van der Waals surface area contributed by atoms with Crippen LogP contribution in [0.2, 0.25) is 0 Å². The summed E-state index contributed by atoms with van der Waals surface area (Å²) in [5.41, 5.74) is 7.91. The summed E-state index contributed by atoms with van der Waals surface area (Å²) in [6.07, 6.45) is -0.182. The van der Waals surface area contributed by atoms with Crippen LogP contribution in [-0.4, -0.2) is 13.7 Å². The van der Waals surface area contributed by atoms with Crippen molar-refractivity contribution in [2.24, 2.45) is 5.73 Å². The number of benzene rings is 2. The summed E-state index contributed by atoms with van der Waals surface area (Å²) >= 11 is 3.52. The smallest absolute Gasteiger partial charge is 0.124 e. The molecule has 0 saturated heterocycles. The molecule has 106 valence electrons. The quantitative estimate of drug-likeness (QED) is 0.875. The first-order chi connectivity index (χ1) is 9.76. The Morgan fingerprint density at radius 1 is 1.10 bits per heavy atom. The molecule has 2 rings (SSSR count). The van der Waals surface area contributed by atoms with Crippen molar-refractivity contribution in [1.82, 2.24) is 0 Å². The summed E-state index contributed by atoms with van der Waals surface area (Å²) in [5, 5.41) is 0. The number of halogens is 1. The van der Waals surface area contributed by atoms with Crippen LogP contribution in [0.3, 0.4) is 0 Å². The fourth-order valence-corrected chi connectivity index (χ4v) is 2.42. The highest BCUT2D eigenvalue weighted by atomic mass is 79.9. The van der Waals surface area contributed by atoms with Crippen molar-refractivity contribution in [2.75, 3.05) is 13.7 Å². The van der Waals surface area contributed by atoms with Gasteiger partial charge in [0.15, 0.2) is 0 Å². The first kappa shape index (κ1) is 15.0. The second-order valence-corrected chi connectivity index (χ2v) is 5.22. The topological polar surface area (TPSA) is 44.5 Å². The molecular weight excluding hydrogens is 318 g/mol. The van der Waals surface area contributed by atoms with Crippen LogP contribution >= 0.6 is 15.9 Å². The van der Waals surface area contributed by atoms with Gasteiger partial charge in [-0.2, -0.15) is 0 Å². The van der Waals surface area contributed by atoms with E-state index in [2.05, 4.69) is 15.9 Å². The van der Waals surface area contributed by atoms with Gasteiger partial charge in [0.05, 0.1) is 19.8 Å². The number of rotatable bonds is 6. The van der Waals surface area contributed by atoms with E-state index in [1.807, 2.05) is 48.5 Å². The molecule has 0 spiro atoms. The van der Waals surface area contributed by atoms with Gasteiger partial charge in [0.2, 0.25) is 0 Å². The Bertz CT molecular complexity index is 560. The highest BCUT2D eigenvalue weighted by Crippen LogP contribution is 2.28. The van der Waals surface area contributed by atoms with Crippen molar-refractivity contribution >= 4 is 15.9 Å². The zero-order valence-corrected chi connectivity index (χ0v) is 13.0. The summed E-state index contributed by atoms with van der Waals surface area (Å²) in [6, 6.07) is 15.8. The van der Waals surface area contributed by atoms with Gasteiger partial charge < -0.3 is 15.2 Å². The van der Waals surface area contributed by atoms with Crippen LogP contribution in [0.5, 0.6) is 5.75 Å². The molecule has 0 fully saturated rings. The Hall–Kier alpha value is -1.36. The lowest BCUT2D eigenvalue weighted by Crippen LogP contribution is -2.16. The van der Waals surface area contributed by atoms with E-state index in [1.54, 1.807) is 7.11 Å². The Morgan fingerprint density at radius 3 is 2.50 bits per heavy atom. The van der Waals surface area contributed by atoms with Crippen LogP contribution in [0.25, 0.3) is 0 Å². The monoisotopic (exact) mass is 335 g/mol. The van der Waals surface area contributed by atoms with Crippen LogP contribution in [0.15, 0.2) is 53.0 Å². The van der Waals surface area contributed by atoms with Crippen molar-refractivity contribution < 1.29 is 9.47 Å². The largest absolute Gasteiger partial charge is 0.496 e. The van der Waals surface area contributed by atoms with E-state index in [9.17, 15) is 0 Å². The van der Waals surface area contributed by atoms with Crippen molar-refractivity contribution in [3.63, 3.8) is 0 Å². The first-order valence-corrected chi connectivity index (χ1v) is 7.23. The lowest BCUT2D eigenvalue weighted by atomic mass is 10.1. The molecule has 20 heavy (non-hydrogen) atoms. The maximum Gasteiger partial charge on any atom is 0.124 e. The van der Waals surface area contributed by atoms with E-state index in [0.29, 0.717) is 13.2 Å². The Kier molecular flexibility index (Phi) is 5.59. The molecule has 0 bridgehead atoms. The molecule has 0 aliphatic heterocycles. The van der Waals surface area contributed by atoms with Crippen LogP contribution in [-0.2, 0) is 11.3 Å². The average molecular weight is 336 g/mol. The van der Waals surface area contributed by atoms with E-state index in [-0.39, 0.29) is 6.10 Å². The van der Waals surface area contributed by atoms with E-state index in [1.165, 1.54) is 0 Å². The van der Waals surface area contributed by atoms with Gasteiger partial charge in [-0.1, -0.05) is 52.3 Å². The molecule has 0 aliphatic carbocycles. The molecule has 2 aromatic carbocycles. The van der Waals surface area contributed by atoms with Gasteiger partial charge in [0.25, 0.3) is 0 Å². The lowest BCUT2D eigenvalue weighted by Gasteiger charge is -2.19. The number of methoxy groups -OCH3 is 1. The van der Waals surface area contributed by atoms with Crippen molar-refractivity contribution in [2.45, 2.75) is 12.7 Å². The van der Waals surface area contributed by atoms with E-state index in [0.717, 1.165) is 21.3 Å². The molecule has 0 radical (unpaired) electrons. The van der Waals surface area contributed by atoms with Gasteiger partial charge in [-0.25, -0.2) is 0 Å². The summed E-state index contributed by atoms with van der Waals surface area (Å²) in [5.74, 6) is 0.801. The highest BCUT2D eigenvalue weighted by molar-refractivity contribution is 9.10. The van der Waals surface area contributed by atoms with E-state index >= 15 is 0 Å². The second-order valence-electron chi connectivity index (χ2n) is 4.37. The third-order valence-corrected chi connectivity index (χ3v) is 3.87. The number of para-hydroxylation sites is 1. The normalized spacial score (nSPS) is 12.2. The van der Waals surface area contributed by atoms with Gasteiger partial charge in [-0.3, -0.25) is 0 Å². The van der Waals surface area contributed by atoms with Gasteiger partial charge in [0, 0.05) is 16.6 Å². The third kappa shape index (κ3) is 3.60. The fourth-order valence-electron chi connectivity index (χ4n) is 2.02. The number of ether oxygens (including phenoxy) is 2. The van der Waals surface area contributed by atoms with E-state index < -0.39 is 0 Å². The summed E-state index contributed by atoms with van der Waals surface area (Å²) < 4.78 is 12.3. The molecule has 0 amide bonds. The third-order valence-electron chi connectivity index (χ3n) is 3.10. The van der Waals surface area contributed by atoms with E-state index in [4.69, 9.17) is 15.2 Å². The molecule has 0 heterocycles. The summed E-state index contributed by atoms with van der Waals surface area (Å²) in [4.78, 5) is 0. The number of hydrogen-bond donors (Lipinski definition) is 1. The Balaban J connectivity index is 2.11. The molecule has 1 unspecified atom stereocenters. The average Bonchev–Trinajstić information content (AvgIpc) is 2.50. The number of hydrogen-bond acceptors (Lipinski definition) is 3. The maximum absolute atomic E-state index is 5.95. The second kappa shape index (κ2) is 7.43. The molecule has 0 aromatic heterocycles. The predicted molar refractivity (Wildman–Crippen MR) is 83.7 cm³/mol. The van der Waals surface area contributed by atoms with Crippen LogP contribution < -0.4 is 10.5 Å². The van der Waals surface area contributed by atoms with Gasteiger partial charge >= 0.3 is 0 Å².